The van der Waals surface area contributed by atoms with Crippen LogP contribution in [0.2, 0.25) is 0 Å². The molecule has 1 atom stereocenters. The zero-order chi connectivity index (χ0) is 22.1. The molecule has 1 aromatic carbocycles. The summed E-state index contributed by atoms with van der Waals surface area (Å²) in [5.41, 5.74) is 3.35. The Kier molecular flexibility index (Phi) is 5.65. The molecule has 0 bridgehead atoms. The largest absolute Gasteiger partial charge is 0.472 e. The van der Waals surface area contributed by atoms with Crippen molar-refractivity contribution in [2.45, 2.75) is 19.9 Å². The van der Waals surface area contributed by atoms with E-state index >= 15 is 0 Å². The summed E-state index contributed by atoms with van der Waals surface area (Å²) in [6, 6.07) is 8.98. The van der Waals surface area contributed by atoms with Gasteiger partial charge in [-0.25, -0.2) is 9.79 Å². The highest BCUT2D eigenvalue weighted by Crippen LogP contribution is 2.31. The molecule has 0 radical (unpaired) electrons. The highest BCUT2D eigenvalue weighted by molar-refractivity contribution is 7.07. The Bertz CT molecular complexity index is 1310. The molecule has 3 aromatic rings. The van der Waals surface area contributed by atoms with Gasteiger partial charge in [0.2, 0.25) is 0 Å². The van der Waals surface area contributed by atoms with Crippen LogP contribution in [0.1, 0.15) is 31.0 Å². The Hall–Kier alpha value is -3.39. The number of ether oxygens (including phenoxy) is 1. The lowest BCUT2D eigenvalue weighted by Crippen LogP contribution is -2.39. The lowest BCUT2D eigenvalue weighted by molar-refractivity contribution is -0.139. The number of thiazole rings is 1. The third-order valence-corrected chi connectivity index (χ3v) is 6.07. The van der Waals surface area contributed by atoms with Gasteiger partial charge in [0, 0.05) is 25.3 Å². The zero-order valence-electron chi connectivity index (χ0n) is 17.8. The van der Waals surface area contributed by atoms with E-state index < -0.39 is 12.0 Å². The Morgan fingerprint density at radius 3 is 2.65 bits per heavy atom. The van der Waals surface area contributed by atoms with Crippen LogP contribution in [0.5, 0.6) is 0 Å². The van der Waals surface area contributed by atoms with Gasteiger partial charge in [0.15, 0.2) is 4.80 Å². The minimum absolute atomic E-state index is 0.207. The Balaban J connectivity index is 1.94. The summed E-state index contributed by atoms with van der Waals surface area (Å²) >= 11 is 1.29. The fourth-order valence-electron chi connectivity index (χ4n) is 3.57. The Labute approximate surface area is 183 Å². The molecule has 0 fully saturated rings. The number of rotatable bonds is 5. The molecule has 0 spiro atoms. The second-order valence-corrected chi connectivity index (χ2v) is 8.35. The predicted molar refractivity (Wildman–Crippen MR) is 120 cm³/mol. The molecular formula is C23H23N3O4S. The smallest absolute Gasteiger partial charge is 0.338 e. The molecular weight excluding hydrogens is 414 g/mol. The summed E-state index contributed by atoms with van der Waals surface area (Å²) in [7, 11) is 3.92. The normalized spacial score (nSPS) is 16.1. The van der Waals surface area contributed by atoms with Crippen molar-refractivity contribution < 1.29 is 13.9 Å². The maximum absolute atomic E-state index is 13.4. The monoisotopic (exact) mass is 437 g/mol. The molecule has 4 rings (SSSR count). The molecule has 1 unspecified atom stereocenters. The number of nitrogens with zero attached hydrogens (tertiary/aromatic N) is 3. The molecule has 31 heavy (non-hydrogen) atoms. The number of carbonyl (C=O) groups excluding carboxylic acids is 1. The number of hydrogen-bond acceptors (Lipinski definition) is 7. The molecule has 8 heteroatoms. The van der Waals surface area contributed by atoms with Crippen LogP contribution in [0.4, 0.5) is 5.69 Å². The van der Waals surface area contributed by atoms with Gasteiger partial charge in [-0.1, -0.05) is 23.5 Å². The first-order valence-corrected chi connectivity index (χ1v) is 10.7. The first kappa shape index (κ1) is 20.9. The van der Waals surface area contributed by atoms with Crippen LogP contribution in [-0.4, -0.2) is 31.2 Å². The van der Waals surface area contributed by atoms with Gasteiger partial charge < -0.3 is 14.1 Å². The number of esters is 1. The van der Waals surface area contributed by atoms with Crippen molar-refractivity contribution in [2.24, 2.45) is 4.99 Å². The molecule has 1 aliphatic rings. The van der Waals surface area contributed by atoms with Crippen molar-refractivity contribution in [3.05, 3.63) is 84.9 Å². The van der Waals surface area contributed by atoms with Crippen molar-refractivity contribution >= 4 is 29.1 Å². The summed E-state index contributed by atoms with van der Waals surface area (Å²) < 4.78 is 12.5. The standard InChI is InChI=1S/C23H23N3O4S/c1-5-30-22(28)19-14(2)24-23-26(20(19)16-6-8-17(9-7-16)25(3)4)21(27)18(31-23)12-15-10-11-29-13-15/h6-13,20H,5H2,1-4H3. The van der Waals surface area contributed by atoms with Gasteiger partial charge in [0.25, 0.3) is 5.56 Å². The van der Waals surface area contributed by atoms with Crippen LogP contribution in [-0.2, 0) is 9.53 Å². The van der Waals surface area contributed by atoms with E-state index in [4.69, 9.17) is 9.15 Å². The highest BCUT2D eigenvalue weighted by atomic mass is 32.1. The lowest BCUT2D eigenvalue weighted by Gasteiger charge is -2.25. The topological polar surface area (TPSA) is 77.0 Å². The van der Waals surface area contributed by atoms with Crippen molar-refractivity contribution in [2.75, 3.05) is 25.6 Å². The van der Waals surface area contributed by atoms with Gasteiger partial charge in [-0.2, -0.15) is 0 Å². The molecule has 1 aliphatic heterocycles. The van der Waals surface area contributed by atoms with Gasteiger partial charge in [-0.15, -0.1) is 0 Å². The summed E-state index contributed by atoms with van der Waals surface area (Å²) in [4.78, 5) is 33.4. The molecule has 0 N–H and O–H groups in total. The maximum atomic E-state index is 13.4. The van der Waals surface area contributed by atoms with Crippen molar-refractivity contribution in [1.82, 2.24) is 4.57 Å². The van der Waals surface area contributed by atoms with E-state index in [1.54, 1.807) is 43.1 Å². The minimum Gasteiger partial charge on any atom is -0.472 e. The summed E-state index contributed by atoms with van der Waals surface area (Å²) in [5.74, 6) is -0.463. The highest BCUT2D eigenvalue weighted by Gasteiger charge is 2.33. The number of carbonyl (C=O) groups is 1. The molecule has 0 amide bonds. The number of aromatic nitrogens is 1. The second kappa shape index (κ2) is 8.39. The summed E-state index contributed by atoms with van der Waals surface area (Å²) in [6.45, 7) is 3.78. The second-order valence-electron chi connectivity index (χ2n) is 7.34. The lowest BCUT2D eigenvalue weighted by atomic mass is 9.95. The van der Waals surface area contributed by atoms with Crippen LogP contribution in [0.15, 0.2) is 68.3 Å². The number of allylic oxidation sites excluding steroid dienone is 1. The molecule has 2 aromatic heterocycles. The molecule has 0 aliphatic carbocycles. The van der Waals surface area contributed by atoms with Crippen LogP contribution in [0.25, 0.3) is 6.08 Å². The number of benzene rings is 1. The molecule has 0 saturated carbocycles. The van der Waals surface area contributed by atoms with Gasteiger partial charge in [-0.3, -0.25) is 9.36 Å². The van der Waals surface area contributed by atoms with E-state index in [9.17, 15) is 9.59 Å². The van der Waals surface area contributed by atoms with Crippen LogP contribution in [0.3, 0.4) is 0 Å². The van der Waals surface area contributed by atoms with Crippen molar-refractivity contribution in [3.63, 3.8) is 0 Å². The van der Waals surface area contributed by atoms with E-state index in [0.29, 0.717) is 20.6 Å². The SMILES string of the molecule is CCOC(=O)C1=C(C)N=c2sc(=Cc3ccoc3)c(=O)n2C1c1ccc(N(C)C)cc1. The number of fused-ring (bicyclic) bond motifs is 1. The van der Waals surface area contributed by atoms with E-state index in [1.807, 2.05) is 43.3 Å². The Morgan fingerprint density at radius 2 is 2.03 bits per heavy atom. The molecule has 160 valence electrons. The van der Waals surface area contributed by atoms with E-state index in [-0.39, 0.29) is 12.2 Å². The first-order valence-electron chi connectivity index (χ1n) is 9.90. The fourth-order valence-corrected chi connectivity index (χ4v) is 4.62. The van der Waals surface area contributed by atoms with Crippen LogP contribution < -0.4 is 19.8 Å². The number of hydrogen-bond donors (Lipinski definition) is 0. The van der Waals surface area contributed by atoms with Gasteiger partial charge in [0.05, 0.1) is 41.0 Å². The molecule has 3 heterocycles. The third kappa shape index (κ3) is 3.86. The van der Waals surface area contributed by atoms with Gasteiger partial charge >= 0.3 is 5.97 Å². The molecule has 7 nitrogen and oxygen atoms in total. The number of anilines is 1. The maximum Gasteiger partial charge on any atom is 0.338 e. The van der Waals surface area contributed by atoms with Crippen LogP contribution >= 0.6 is 11.3 Å². The number of furan rings is 1. The first-order chi connectivity index (χ1) is 14.9. The average molecular weight is 438 g/mol. The predicted octanol–water partition coefficient (Wildman–Crippen LogP) is 2.46. The average Bonchev–Trinajstić information content (AvgIpc) is 3.35. The summed E-state index contributed by atoms with van der Waals surface area (Å²) in [6.07, 6.45) is 4.90. The van der Waals surface area contributed by atoms with E-state index in [1.165, 1.54) is 11.3 Å². The van der Waals surface area contributed by atoms with E-state index in [2.05, 4.69) is 4.99 Å². The summed E-state index contributed by atoms with van der Waals surface area (Å²) in [5, 5.41) is 0. The van der Waals surface area contributed by atoms with Crippen molar-refractivity contribution in [1.29, 1.82) is 0 Å². The third-order valence-electron chi connectivity index (χ3n) is 5.08. The Morgan fingerprint density at radius 1 is 1.29 bits per heavy atom. The van der Waals surface area contributed by atoms with Crippen molar-refractivity contribution in [3.8, 4) is 0 Å². The zero-order valence-corrected chi connectivity index (χ0v) is 18.6. The van der Waals surface area contributed by atoms with Crippen LogP contribution in [0, 0.1) is 0 Å². The van der Waals surface area contributed by atoms with Gasteiger partial charge in [0.1, 0.15) is 0 Å². The minimum atomic E-state index is -0.613. The molecule has 0 saturated heterocycles. The quantitative estimate of drug-likeness (QED) is 0.573. The van der Waals surface area contributed by atoms with Gasteiger partial charge in [-0.05, 0) is 43.7 Å². The van der Waals surface area contributed by atoms with E-state index in [0.717, 1.165) is 16.8 Å². The fraction of sp³-hybridized carbons (Fsp3) is 0.261.